The fourth-order valence-corrected chi connectivity index (χ4v) is 2.42. The number of ether oxygens (including phenoxy) is 1. The highest BCUT2D eigenvalue weighted by Crippen LogP contribution is 2.26. The number of urea groups is 1. The maximum Gasteiger partial charge on any atom is 0.323 e. The molecule has 1 aromatic heterocycles. The van der Waals surface area contributed by atoms with Crippen LogP contribution in [0.4, 0.5) is 22.0 Å². The Balaban J connectivity index is 1.76. The van der Waals surface area contributed by atoms with Gasteiger partial charge in [0, 0.05) is 5.69 Å². The maximum absolute atomic E-state index is 12.2. The normalized spacial score (nSPS) is 10.3. The van der Waals surface area contributed by atoms with Crippen LogP contribution in [0.2, 0.25) is 0 Å². The molecule has 0 atom stereocenters. The third-order valence-electron chi connectivity index (χ3n) is 3.68. The minimum atomic E-state index is -0.396. The van der Waals surface area contributed by atoms with Crippen molar-refractivity contribution >= 4 is 23.2 Å². The maximum atomic E-state index is 12.2. The number of benzene rings is 2. The Bertz CT molecular complexity index is 872. The molecule has 0 unspecified atom stereocenters. The number of nitrogens with two attached hydrogens (primary N) is 1. The SMILES string of the molecule is COc1ccc(NC(=O)Nc2c(C)nn(-c3ccccc3)c2N)cc1. The summed E-state index contributed by atoms with van der Waals surface area (Å²) in [4.78, 5) is 12.2. The smallest absolute Gasteiger partial charge is 0.323 e. The summed E-state index contributed by atoms with van der Waals surface area (Å²) in [5.41, 5.74) is 8.74. The number of carbonyl (C=O) groups excluding carboxylic acids is 1. The predicted octanol–water partition coefficient (Wildman–Crippen LogP) is 3.42. The van der Waals surface area contributed by atoms with Crippen molar-refractivity contribution in [2.24, 2.45) is 0 Å². The summed E-state index contributed by atoms with van der Waals surface area (Å²) >= 11 is 0. The monoisotopic (exact) mass is 337 g/mol. The Labute approximate surface area is 145 Å². The molecule has 0 fully saturated rings. The van der Waals surface area contributed by atoms with Crippen molar-refractivity contribution < 1.29 is 9.53 Å². The van der Waals surface area contributed by atoms with Gasteiger partial charge in [0.05, 0.1) is 18.5 Å². The highest BCUT2D eigenvalue weighted by molar-refractivity contribution is 6.01. The number of hydrogen-bond donors (Lipinski definition) is 3. The molecule has 7 nitrogen and oxygen atoms in total. The fraction of sp³-hybridized carbons (Fsp3) is 0.111. The number of nitrogens with zero attached hydrogens (tertiary/aromatic N) is 2. The van der Waals surface area contributed by atoms with Crippen LogP contribution in [-0.2, 0) is 0 Å². The first kappa shape index (κ1) is 16.4. The number of methoxy groups -OCH3 is 1. The highest BCUT2D eigenvalue weighted by Gasteiger charge is 2.16. The van der Waals surface area contributed by atoms with E-state index in [1.54, 1.807) is 43.0 Å². The molecular formula is C18H19N5O2. The van der Waals surface area contributed by atoms with E-state index in [1.165, 1.54) is 0 Å². The minimum Gasteiger partial charge on any atom is -0.497 e. The lowest BCUT2D eigenvalue weighted by Gasteiger charge is -2.09. The first-order chi connectivity index (χ1) is 12.1. The molecule has 4 N–H and O–H groups in total. The van der Waals surface area contributed by atoms with Crippen molar-refractivity contribution in [3.63, 3.8) is 0 Å². The van der Waals surface area contributed by atoms with Gasteiger partial charge in [-0.15, -0.1) is 0 Å². The topological polar surface area (TPSA) is 94.2 Å². The largest absolute Gasteiger partial charge is 0.497 e. The van der Waals surface area contributed by atoms with E-state index < -0.39 is 6.03 Å². The van der Waals surface area contributed by atoms with Crippen LogP contribution in [0.25, 0.3) is 5.69 Å². The number of nitrogen functional groups attached to an aromatic ring is 1. The minimum absolute atomic E-state index is 0.369. The zero-order valence-corrected chi connectivity index (χ0v) is 14.0. The molecule has 7 heteroatoms. The Morgan fingerprint density at radius 3 is 2.40 bits per heavy atom. The van der Waals surface area contributed by atoms with E-state index in [0.717, 1.165) is 11.4 Å². The van der Waals surface area contributed by atoms with E-state index in [-0.39, 0.29) is 0 Å². The molecule has 0 saturated heterocycles. The van der Waals surface area contributed by atoms with Gasteiger partial charge in [0.1, 0.15) is 11.4 Å². The average Bonchev–Trinajstić information content (AvgIpc) is 2.91. The summed E-state index contributed by atoms with van der Waals surface area (Å²) in [6.07, 6.45) is 0. The summed E-state index contributed by atoms with van der Waals surface area (Å²) in [7, 11) is 1.59. The van der Waals surface area contributed by atoms with E-state index in [2.05, 4.69) is 15.7 Å². The van der Waals surface area contributed by atoms with Crippen molar-refractivity contribution in [2.75, 3.05) is 23.5 Å². The molecule has 25 heavy (non-hydrogen) atoms. The summed E-state index contributed by atoms with van der Waals surface area (Å²) in [5.74, 6) is 1.09. The van der Waals surface area contributed by atoms with Gasteiger partial charge < -0.3 is 21.1 Å². The zero-order valence-electron chi connectivity index (χ0n) is 14.0. The summed E-state index contributed by atoms with van der Waals surface area (Å²) in [6.45, 7) is 1.79. The van der Waals surface area contributed by atoms with Crippen LogP contribution >= 0.6 is 0 Å². The molecule has 0 aliphatic carbocycles. The Morgan fingerprint density at radius 2 is 1.76 bits per heavy atom. The van der Waals surface area contributed by atoms with Gasteiger partial charge in [0.15, 0.2) is 5.82 Å². The third-order valence-corrected chi connectivity index (χ3v) is 3.68. The number of amides is 2. The van der Waals surface area contributed by atoms with Crippen molar-refractivity contribution in [1.82, 2.24) is 9.78 Å². The van der Waals surface area contributed by atoms with Gasteiger partial charge in [-0.2, -0.15) is 5.10 Å². The van der Waals surface area contributed by atoms with Crippen LogP contribution in [0.3, 0.4) is 0 Å². The van der Waals surface area contributed by atoms with Crippen LogP contribution in [0.5, 0.6) is 5.75 Å². The van der Waals surface area contributed by atoms with Crippen molar-refractivity contribution in [3.8, 4) is 11.4 Å². The highest BCUT2D eigenvalue weighted by atomic mass is 16.5. The van der Waals surface area contributed by atoms with Gasteiger partial charge >= 0.3 is 6.03 Å². The van der Waals surface area contributed by atoms with Gasteiger partial charge in [-0.1, -0.05) is 18.2 Å². The van der Waals surface area contributed by atoms with E-state index >= 15 is 0 Å². The summed E-state index contributed by atoms with van der Waals surface area (Å²) in [5, 5.41) is 9.90. The van der Waals surface area contributed by atoms with Crippen molar-refractivity contribution in [3.05, 3.63) is 60.3 Å². The van der Waals surface area contributed by atoms with E-state index in [1.807, 2.05) is 30.3 Å². The first-order valence-corrected chi connectivity index (χ1v) is 7.71. The number of rotatable bonds is 4. The lowest BCUT2D eigenvalue weighted by Crippen LogP contribution is -2.20. The van der Waals surface area contributed by atoms with Gasteiger partial charge in [0.25, 0.3) is 0 Å². The van der Waals surface area contributed by atoms with Gasteiger partial charge in [-0.05, 0) is 43.3 Å². The molecule has 3 aromatic rings. The lowest BCUT2D eigenvalue weighted by atomic mass is 10.3. The molecular weight excluding hydrogens is 318 g/mol. The average molecular weight is 337 g/mol. The van der Waals surface area contributed by atoms with Gasteiger partial charge in [-0.3, -0.25) is 0 Å². The molecule has 0 aliphatic heterocycles. The van der Waals surface area contributed by atoms with Crippen molar-refractivity contribution in [1.29, 1.82) is 0 Å². The number of carbonyl (C=O) groups is 1. The van der Waals surface area contributed by atoms with Crippen molar-refractivity contribution in [2.45, 2.75) is 6.92 Å². The molecule has 0 bridgehead atoms. The Kier molecular flexibility index (Phi) is 4.56. The number of aryl methyl sites for hydroxylation is 1. The van der Waals surface area contributed by atoms with E-state index in [0.29, 0.717) is 22.9 Å². The molecule has 0 spiro atoms. The second kappa shape index (κ2) is 6.96. The predicted molar refractivity (Wildman–Crippen MR) is 98.3 cm³/mol. The Hall–Kier alpha value is -3.48. The molecule has 1 heterocycles. The first-order valence-electron chi connectivity index (χ1n) is 7.71. The number of hydrogen-bond acceptors (Lipinski definition) is 4. The third kappa shape index (κ3) is 3.55. The van der Waals surface area contributed by atoms with Crippen LogP contribution < -0.4 is 21.1 Å². The number of para-hydroxylation sites is 1. The van der Waals surface area contributed by atoms with Gasteiger partial charge in [-0.25, -0.2) is 9.48 Å². The number of nitrogens with one attached hydrogen (secondary N) is 2. The molecule has 3 rings (SSSR count). The summed E-state index contributed by atoms with van der Waals surface area (Å²) < 4.78 is 6.69. The van der Waals surface area contributed by atoms with Crippen LogP contribution in [0.15, 0.2) is 54.6 Å². The van der Waals surface area contributed by atoms with Crippen LogP contribution in [-0.4, -0.2) is 22.9 Å². The van der Waals surface area contributed by atoms with Gasteiger partial charge in [0.2, 0.25) is 0 Å². The molecule has 128 valence electrons. The number of anilines is 3. The quantitative estimate of drug-likeness (QED) is 0.680. The molecule has 2 aromatic carbocycles. The lowest BCUT2D eigenvalue weighted by molar-refractivity contribution is 0.262. The van der Waals surface area contributed by atoms with Crippen LogP contribution in [0.1, 0.15) is 5.69 Å². The molecule has 0 aliphatic rings. The molecule has 0 saturated carbocycles. The molecule has 0 radical (unpaired) electrons. The fourth-order valence-electron chi connectivity index (χ4n) is 2.42. The number of aromatic nitrogens is 2. The second-order valence-corrected chi connectivity index (χ2v) is 5.40. The standard InChI is InChI=1S/C18H19N5O2/c1-12-16(17(19)23(22-12)14-6-4-3-5-7-14)21-18(24)20-13-8-10-15(25-2)11-9-13/h3-11H,19H2,1-2H3,(H2,20,21,24). The van der Waals surface area contributed by atoms with Crippen LogP contribution in [0, 0.1) is 6.92 Å². The van der Waals surface area contributed by atoms with E-state index in [9.17, 15) is 4.79 Å². The van der Waals surface area contributed by atoms with E-state index in [4.69, 9.17) is 10.5 Å². The molecule has 2 amide bonds. The Morgan fingerprint density at radius 1 is 1.08 bits per heavy atom. The summed E-state index contributed by atoms with van der Waals surface area (Å²) in [6, 6.07) is 16.1. The zero-order chi connectivity index (χ0) is 17.8. The second-order valence-electron chi connectivity index (χ2n) is 5.40.